The van der Waals surface area contributed by atoms with Crippen LogP contribution in [0.4, 0.5) is 0 Å². The highest BCUT2D eigenvalue weighted by molar-refractivity contribution is 7.13. The third kappa shape index (κ3) is 3.32. The van der Waals surface area contributed by atoms with Gasteiger partial charge in [-0.15, -0.1) is 11.3 Å². The molecule has 3 aromatic heterocycles. The first-order valence-electron chi connectivity index (χ1n) is 8.69. The number of aromatic nitrogens is 3. The number of ether oxygens (including phenoxy) is 2. The quantitative estimate of drug-likeness (QED) is 0.469. The van der Waals surface area contributed by atoms with Crippen molar-refractivity contribution in [1.82, 2.24) is 14.7 Å². The molecule has 0 aliphatic carbocycles. The molecule has 0 unspecified atom stereocenters. The zero-order valence-electron chi connectivity index (χ0n) is 14.9. The summed E-state index contributed by atoms with van der Waals surface area (Å²) in [5.74, 6) is 1.64. The van der Waals surface area contributed by atoms with E-state index in [1.54, 1.807) is 30.5 Å². The van der Waals surface area contributed by atoms with Crippen LogP contribution < -0.4 is 15.0 Å². The Morgan fingerprint density at radius 2 is 2.03 bits per heavy atom. The summed E-state index contributed by atoms with van der Waals surface area (Å²) in [6, 6.07) is 11.7. The summed E-state index contributed by atoms with van der Waals surface area (Å²) < 4.78 is 17.2. The molecular weight excluding hydrogens is 394 g/mol. The Balaban J connectivity index is 1.41. The monoisotopic (exact) mass is 407 g/mol. The minimum absolute atomic E-state index is 0.127. The van der Waals surface area contributed by atoms with E-state index < -0.39 is 0 Å². The minimum Gasteiger partial charge on any atom is -0.454 e. The minimum atomic E-state index is -0.305. The van der Waals surface area contributed by atoms with Gasteiger partial charge in [-0.2, -0.15) is 4.98 Å². The van der Waals surface area contributed by atoms with E-state index in [0.29, 0.717) is 28.5 Å². The molecule has 0 saturated carbocycles. The number of ketones is 1. The molecule has 9 heteroatoms. The van der Waals surface area contributed by atoms with E-state index >= 15 is 0 Å². The molecule has 4 aromatic rings. The first-order chi connectivity index (χ1) is 14.2. The highest BCUT2D eigenvalue weighted by Crippen LogP contribution is 2.32. The molecular formula is C20H13N3O5S. The summed E-state index contributed by atoms with van der Waals surface area (Å²) in [5.41, 5.74) is 0.684. The summed E-state index contributed by atoms with van der Waals surface area (Å²) in [5, 5.41) is 5.90. The summed E-state index contributed by atoms with van der Waals surface area (Å²) >= 11 is 1.50. The number of carbonyl (C=O) groups is 1. The van der Waals surface area contributed by atoms with Crippen molar-refractivity contribution in [2.45, 2.75) is 6.54 Å². The molecule has 0 atom stereocenters. The Morgan fingerprint density at radius 3 is 2.90 bits per heavy atom. The topological polar surface area (TPSA) is 96.5 Å². The lowest BCUT2D eigenvalue weighted by molar-refractivity contribution is 0.0970. The largest absolute Gasteiger partial charge is 0.454 e. The maximum atomic E-state index is 12.7. The van der Waals surface area contributed by atoms with Crippen LogP contribution in [0.2, 0.25) is 0 Å². The number of pyridine rings is 1. The molecule has 1 aliphatic heterocycles. The lowest BCUT2D eigenvalue weighted by Crippen LogP contribution is -2.23. The van der Waals surface area contributed by atoms with Crippen LogP contribution in [0.25, 0.3) is 22.2 Å². The first kappa shape index (κ1) is 17.4. The molecule has 1 aromatic carbocycles. The smallest absolute Gasteiger partial charge is 0.259 e. The van der Waals surface area contributed by atoms with Gasteiger partial charge in [0.2, 0.25) is 12.6 Å². The Bertz CT molecular complexity index is 1260. The van der Waals surface area contributed by atoms with Crippen LogP contribution in [0.15, 0.2) is 63.4 Å². The van der Waals surface area contributed by atoms with E-state index in [1.807, 2.05) is 17.5 Å². The van der Waals surface area contributed by atoms with Crippen molar-refractivity contribution >= 4 is 17.1 Å². The summed E-state index contributed by atoms with van der Waals surface area (Å²) in [4.78, 5) is 30.2. The molecule has 29 heavy (non-hydrogen) atoms. The van der Waals surface area contributed by atoms with Gasteiger partial charge >= 0.3 is 0 Å². The second kappa shape index (κ2) is 7.02. The molecule has 0 spiro atoms. The van der Waals surface area contributed by atoms with Crippen molar-refractivity contribution in [3.8, 4) is 33.7 Å². The number of nitrogens with zero attached hydrogens (tertiary/aromatic N) is 3. The Hall–Kier alpha value is -3.72. The van der Waals surface area contributed by atoms with Gasteiger partial charge in [0.25, 0.3) is 11.4 Å². The third-order valence-corrected chi connectivity index (χ3v) is 5.27. The molecule has 0 saturated heterocycles. The number of benzene rings is 1. The maximum Gasteiger partial charge on any atom is 0.259 e. The van der Waals surface area contributed by atoms with Gasteiger partial charge in [-0.05, 0) is 35.7 Å². The SMILES string of the molecule is O=C(Cn1cc(-c2nc(-c3cccs3)no2)ccc1=O)c1ccc2c(c1)OCO2. The molecule has 5 rings (SSSR count). The number of hydrogen-bond acceptors (Lipinski definition) is 8. The van der Waals surface area contributed by atoms with Crippen molar-refractivity contribution in [1.29, 1.82) is 0 Å². The van der Waals surface area contributed by atoms with Gasteiger partial charge in [0.1, 0.15) is 0 Å². The van der Waals surface area contributed by atoms with Crippen LogP contribution in [0, 0.1) is 0 Å². The fourth-order valence-electron chi connectivity index (χ4n) is 2.94. The number of fused-ring (bicyclic) bond motifs is 1. The third-order valence-electron chi connectivity index (χ3n) is 4.41. The van der Waals surface area contributed by atoms with Crippen molar-refractivity contribution in [3.05, 3.63) is 70.0 Å². The summed E-state index contributed by atoms with van der Waals surface area (Å²) in [6.45, 7) is 0.00432. The fourth-order valence-corrected chi connectivity index (χ4v) is 3.59. The number of thiophene rings is 1. The number of Topliss-reactive ketones (excluding diaryl/α,β-unsaturated/α-hetero) is 1. The van der Waals surface area contributed by atoms with E-state index in [-0.39, 0.29) is 30.6 Å². The summed E-state index contributed by atoms with van der Waals surface area (Å²) in [6.07, 6.45) is 1.54. The van der Waals surface area contributed by atoms with Crippen LogP contribution in [0.3, 0.4) is 0 Å². The zero-order valence-corrected chi connectivity index (χ0v) is 15.7. The Labute approximate surface area is 167 Å². The van der Waals surface area contributed by atoms with Crippen LogP contribution in [0.5, 0.6) is 11.5 Å². The lowest BCUT2D eigenvalue weighted by Gasteiger charge is -2.07. The van der Waals surface area contributed by atoms with Gasteiger partial charge in [0.05, 0.1) is 17.0 Å². The predicted octanol–water partition coefficient (Wildman–Crippen LogP) is 3.24. The lowest BCUT2D eigenvalue weighted by atomic mass is 10.1. The van der Waals surface area contributed by atoms with E-state index in [1.165, 1.54) is 22.0 Å². The number of hydrogen-bond donors (Lipinski definition) is 0. The highest BCUT2D eigenvalue weighted by atomic mass is 32.1. The average molecular weight is 407 g/mol. The molecule has 0 amide bonds. The fraction of sp³-hybridized carbons (Fsp3) is 0.100. The van der Waals surface area contributed by atoms with E-state index in [4.69, 9.17) is 14.0 Å². The van der Waals surface area contributed by atoms with Gasteiger partial charge in [-0.3, -0.25) is 9.59 Å². The zero-order chi connectivity index (χ0) is 19.8. The van der Waals surface area contributed by atoms with Gasteiger partial charge < -0.3 is 18.6 Å². The molecule has 0 N–H and O–H groups in total. The van der Waals surface area contributed by atoms with Gasteiger partial charge in [0, 0.05) is 17.8 Å². The first-order valence-corrected chi connectivity index (χ1v) is 9.57. The van der Waals surface area contributed by atoms with Gasteiger partial charge in [-0.25, -0.2) is 0 Å². The van der Waals surface area contributed by atoms with Crippen molar-refractivity contribution < 1.29 is 18.8 Å². The molecule has 8 nitrogen and oxygen atoms in total. The molecule has 0 fully saturated rings. The van der Waals surface area contributed by atoms with Gasteiger partial charge in [-0.1, -0.05) is 11.2 Å². The molecule has 144 valence electrons. The van der Waals surface area contributed by atoms with Crippen LogP contribution >= 0.6 is 11.3 Å². The van der Waals surface area contributed by atoms with E-state index in [9.17, 15) is 9.59 Å². The Kier molecular flexibility index (Phi) is 4.21. The summed E-state index contributed by atoms with van der Waals surface area (Å²) in [7, 11) is 0. The van der Waals surface area contributed by atoms with E-state index in [2.05, 4.69) is 10.1 Å². The highest BCUT2D eigenvalue weighted by Gasteiger charge is 2.18. The van der Waals surface area contributed by atoms with Crippen LogP contribution in [0.1, 0.15) is 10.4 Å². The molecule has 4 heterocycles. The molecule has 1 aliphatic rings. The second-order valence-electron chi connectivity index (χ2n) is 6.28. The van der Waals surface area contributed by atoms with Gasteiger partial charge in [0.15, 0.2) is 17.3 Å². The van der Waals surface area contributed by atoms with Crippen molar-refractivity contribution in [2.24, 2.45) is 0 Å². The van der Waals surface area contributed by atoms with Crippen molar-refractivity contribution in [2.75, 3.05) is 6.79 Å². The second-order valence-corrected chi connectivity index (χ2v) is 7.22. The number of rotatable bonds is 5. The van der Waals surface area contributed by atoms with Crippen LogP contribution in [-0.4, -0.2) is 27.3 Å². The Morgan fingerprint density at radius 1 is 1.14 bits per heavy atom. The normalized spacial score (nSPS) is 12.3. The number of carbonyl (C=O) groups excluding carboxylic acids is 1. The standard InChI is InChI=1S/C20H13N3O5S/c24-14(12-3-5-15-16(8-12)27-11-26-15)10-23-9-13(4-6-18(23)25)20-21-19(22-28-20)17-2-1-7-29-17/h1-9H,10-11H2. The van der Waals surface area contributed by atoms with E-state index in [0.717, 1.165) is 4.88 Å². The molecule has 0 radical (unpaired) electrons. The van der Waals surface area contributed by atoms with Crippen molar-refractivity contribution in [3.63, 3.8) is 0 Å². The van der Waals surface area contributed by atoms with Crippen LogP contribution in [-0.2, 0) is 6.54 Å². The molecule has 0 bridgehead atoms. The average Bonchev–Trinajstić information content (AvgIpc) is 3.49. The predicted molar refractivity (Wildman–Crippen MR) is 104 cm³/mol. The maximum absolute atomic E-state index is 12.7.